The lowest BCUT2D eigenvalue weighted by Gasteiger charge is -2.29. The van der Waals surface area contributed by atoms with Crippen molar-refractivity contribution in [1.82, 2.24) is 9.88 Å². The van der Waals surface area contributed by atoms with Gasteiger partial charge in [-0.15, -0.1) is 0 Å². The molecule has 5 nitrogen and oxygen atoms in total. The molecule has 0 radical (unpaired) electrons. The van der Waals surface area contributed by atoms with Gasteiger partial charge >= 0.3 is 5.97 Å². The summed E-state index contributed by atoms with van der Waals surface area (Å²) in [6.45, 7) is 2.97. The molecule has 2 heterocycles. The number of hydrogen-bond acceptors (Lipinski definition) is 3. The smallest absolute Gasteiger partial charge is 0.337 e. The number of carboxylic acids is 1. The minimum absolute atomic E-state index is 0.0608. The van der Waals surface area contributed by atoms with E-state index >= 15 is 0 Å². The normalized spacial score (nSPS) is 13.5. The summed E-state index contributed by atoms with van der Waals surface area (Å²) in [6.07, 6.45) is 3.97. The van der Waals surface area contributed by atoms with Crippen molar-refractivity contribution in [3.8, 4) is 0 Å². The molecule has 0 fully saturated rings. The van der Waals surface area contributed by atoms with Crippen molar-refractivity contribution in [1.29, 1.82) is 0 Å². The maximum absolute atomic E-state index is 12.5. The standard InChI is InChI=1S/C18H18N2O3/c1-12-4-2-3-5-13(12)8-17(21)20-7-6-15-14(11-20)9-19-10-16(15)18(22)23/h2-5,9-10H,6-8,11H2,1H3,(H,22,23). The van der Waals surface area contributed by atoms with E-state index in [0.29, 0.717) is 25.9 Å². The molecule has 0 saturated heterocycles. The van der Waals surface area contributed by atoms with E-state index in [9.17, 15) is 14.7 Å². The second-order valence-electron chi connectivity index (χ2n) is 5.80. The van der Waals surface area contributed by atoms with E-state index in [-0.39, 0.29) is 11.5 Å². The fourth-order valence-corrected chi connectivity index (χ4v) is 2.97. The SMILES string of the molecule is Cc1ccccc1CC(=O)N1CCc2c(cncc2C(=O)O)C1. The maximum Gasteiger partial charge on any atom is 0.337 e. The number of aromatic nitrogens is 1. The van der Waals surface area contributed by atoms with Gasteiger partial charge in [0.25, 0.3) is 0 Å². The lowest BCUT2D eigenvalue weighted by atomic mass is 9.96. The molecule has 2 aromatic rings. The van der Waals surface area contributed by atoms with Gasteiger partial charge < -0.3 is 10.0 Å². The van der Waals surface area contributed by atoms with Crippen LogP contribution in [0.5, 0.6) is 0 Å². The Morgan fingerprint density at radius 1 is 1.26 bits per heavy atom. The first-order valence-electron chi connectivity index (χ1n) is 7.57. The highest BCUT2D eigenvalue weighted by Gasteiger charge is 2.24. The third-order valence-corrected chi connectivity index (χ3v) is 4.33. The van der Waals surface area contributed by atoms with E-state index < -0.39 is 5.97 Å². The van der Waals surface area contributed by atoms with Crippen LogP contribution in [-0.4, -0.2) is 33.4 Å². The summed E-state index contributed by atoms with van der Waals surface area (Å²) in [5.74, 6) is -0.903. The number of benzene rings is 1. The maximum atomic E-state index is 12.5. The van der Waals surface area contributed by atoms with E-state index in [1.165, 1.54) is 6.20 Å². The highest BCUT2D eigenvalue weighted by molar-refractivity contribution is 5.89. The summed E-state index contributed by atoms with van der Waals surface area (Å²) in [5, 5.41) is 9.22. The molecule has 1 amide bonds. The van der Waals surface area contributed by atoms with Crippen molar-refractivity contribution in [3.63, 3.8) is 0 Å². The van der Waals surface area contributed by atoms with E-state index in [1.54, 1.807) is 11.1 Å². The molecule has 0 aliphatic carbocycles. The second-order valence-corrected chi connectivity index (χ2v) is 5.80. The number of aromatic carboxylic acids is 1. The third-order valence-electron chi connectivity index (χ3n) is 4.33. The highest BCUT2D eigenvalue weighted by Crippen LogP contribution is 2.22. The van der Waals surface area contributed by atoms with Crippen LogP contribution in [0.2, 0.25) is 0 Å². The lowest BCUT2D eigenvalue weighted by molar-refractivity contribution is -0.131. The van der Waals surface area contributed by atoms with Crippen molar-refractivity contribution in [3.05, 3.63) is 64.5 Å². The van der Waals surface area contributed by atoms with Gasteiger partial charge in [-0.2, -0.15) is 0 Å². The lowest BCUT2D eigenvalue weighted by Crippen LogP contribution is -2.37. The molecular formula is C18H18N2O3. The highest BCUT2D eigenvalue weighted by atomic mass is 16.4. The van der Waals surface area contributed by atoms with Gasteiger partial charge in [0.15, 0.2) is 0 Å². The van der Waals surface area contributed by atoms with Crippen molar-refractivity contribution in [2.45, 2.75) is 26.3 Å². The molecular weight excluding hydrogens is 292 g/mol. The molecule has 0 atom stereocenters. The van der Waals surface area contributed by atoms with Crippen LogP contribution in [-0.2, 0) is 24.2 Å². The van der Waals surface area contributed by atoms with Gasteiger partial charge in [-0.25, -0.2) is 4.79 Å². The van der Waals surface area contributed by atoms with Crippen molar-refractivity contribution < 1.29 is 14.7 Å². The number of fused-ring (bicyclic) bond motifs is 1. The van der Waals surface area contributed by atoms with Gasteiger partial charge in [-0.05, 0) is 35.6 Å². The van der Waals surface area contributed by atoms with Gasteiger partial charge in [0.05, 0.1) is 12.0 Å². The predicted octanol–water partition coefficient (Wildman–Crippen LogP) is 2.22. The molecule has 0 unspecified atom stereocenters. The molecule has 0 bridgehead atoms. The first-order chi connectivity index (χ1) is 11.1. The Morgan fingerprint density at radius 2 is 2.04 bits per heavy atom. The van der Waals surface area contributed by atoms with Gasteiger partial charge in [0.1, 0.15) is 0 Å². The zero-order valence-corrected chi connectivity index (χ0v) is 13.0. The zero-order valence-electron chi connectivity index (χ0n) is 13.0. The molecule has 1 aliphatic heterocycles. The minimum atomic E-state index is -0.964. The quantitative estimate of drug-likeness (QED) is 0.943. The van der Waals surface area contributed by atoms with Crippen LogP contribution in [0.4, 0.5) is 0 Å². The summed E-state index contributed by atoms with van der Waals surface area (Å²) in [5.41, 5.74) is 4.00. The Balaban J connectivity index is 1.77. The summed E-state index contributed by atoms with van der Waals surface area (Å²) in [6, 6.07) is 7.86. The number of pyridine rings is 1. The number of amides is 1. The van der Waals surface area contributed by atoms with Crippen LogP contribution in [0, 0.1) is 6.92 Å². The molecule has 118 valence electrons. The van der Waals surface area contributed by atoms with Gasteiger partial charge in [0, 0.05) is 25.5 Å². The Hall–Kier alpha value is -2.69. The fourth-order valence-electron chi connectivity index (χ4n) is 2.97. The monoisotopic (exact) mass is 310 g/mol. The summed E-state index contributed by atoms with van der Waals surface area (Å²) < 4.78 is 0. The molecule has 1 N–H and O–H groups in total. The molecule has 0 saturated carbocycles. The van der Waals surface area contributed by atoms with Crippen molar-refractivity contribution in [2.24, 2.45) is 0 Å². The Kier molecular flexibility index (Phi) is 4.10. The number of nitrogens with zero attached hydrogens (tertiary/aromatic N) is 2. The predicted molar refractivity (Wildman–Crippen MR) is 85.2 cm³/mol. The van der Waals surface area contributed by atoms with Crippen LogP contribution in [0.15, 0.2) is 36.7 Å². The molecule has 1 aromatic heterocycles. The number of rotatable bonds is 3. The van der Waals surface area contributed by atoms with Crippen molar-refractivity contribution in [2.75, 3.05) is 6.54 Å². The average molecular weight is 310 g/mol. The number of carbonyl (C=O) groups excluding carboxylic acids is 1. The average Bonchev–Trinajstić information content (AvgIpc) is 2.55. The molecule has 1 aromatic carbocycles. The summed E-state index contributed by atoms with van der Waals surface area (Å²) >= 11 is 0. The Bertz CT molecular complexity index is 771. The summed E-state index contributed by atoms with van der Waals surface area (Å²) in [7, 11) is 0. The van der Waals surface area contributed by atoms with Crippen molar-refractivity contribution >= 4 is 11.9 Å². The number of hydrogen-bond donors (Lipinski definition) is 1. The van der Waals surface area contributed by atoms with Crippen LogP contribution >= 0.6 is 0 Å². The van der Waals surface area contributed by atoms with Crippen LogP contribution in [0.3, 0.4) is 0 Å². The molecule has 5 heteroatoms. The number of carbonyl (C=O) groups is 2. The number of aryl methyl sites for hydroxylation is 1. The van der Waals surface area contributed by atoms with Crippen LogP contribution < -0.4 is 0 Å². The molecule has 1 aliphatic rings. The van der Waals surface area contributed by atoms with Gasteiger partial charge in [0.2, 0.25) is 5.91 Å². The topological polar surface area (TPSA) is 70.5 Å². The Labute approximate surface area is 134 Å². The zero-order chi connectivity index (χ0) is 16.4. The van der Waals surface area contributed by atoms with E-state index in [1.807, 2.05) is 31.2 Å². The van der Waals surface area contributed by atoms with Gasteiger partial charge in [-0.1, -0.05) is 24.3 Å². The minimum Gasteiger partial charge on any atom is -0.478 e. The number of carboxylic acid groups (broad SMARTS) is 1. The fraction of sp³-hybridized carbons (Fsp3) is 0.278. The Morgan fingerprint density at radius 3 is 2.78 bits per heavy atom. The second kappa shape index (κ2) is 6.20. The molecule has 23 heavy (non-hydrogen) atoms. The summed E-state index contributed by atoms with van der Waals surface area (Å²) in [4.78, 5) is 29.6. The van der Waals surface area contributed by atoms with E-state index in [4.69, 9.17) is 0 Å². The van der Waals surface area contributed by atoms with E-state index in [2.05, 4.69) is 4.98 Å². The first-order valence-corrected chi connectivity index (χ1v) is 7.57. The molecule has 0 spiro atoms. The largest absolute Gasteiger partial charge is 0.478 e. The van der Waals surface area contributed by atoms with Gasteiger partial charge in [-0.3, -0.25) is 9.78 Å². The third kappa shape index (κ3) is 3.08. The van der Waals surface area contributed by atoms with Crippen LogP contribution in [0.1, 0.15) is 32.6 Å². The molecule has 3 rings (SSSR count). The first kappa shape index (κ1) is 15.2. The van der Waals surface area contributed by atoms with E-state index in [0.717, 1.165) is 22.3 Å². The van der Waals surface area contributed by atoms with Crippen LogP contribution in [0.25, 0.3) is 0 Å².